The molecule has 5 rings (SSSR count). The molecule has 0 N–H and O–H groups in total. The number of nitrogens with zero attached hydrogens (tertiary/aromatic N) is 4. The highest BCUT2D eigenvalue weighted by Crippen LogP contribution is 2.38. The molecule has 2 aromatic heterocycles. The largest absolute Gasteiger partial charge is 0.497 e. The van der Waals surface area contributed by atoms with Crippen LogP contribution in [0, 0.1) is 0 Å². The number of anilines is 1. The summed E-state index contributed by atoms with van der Waals surface area (Å²) < 4.78 is 19.5. The highest BCUT2D eigenvalue weighted by atomic mass is 32.1. The zero-order valence-corrected chi connectivity index (χ0v) is 25.3. The second kappa shape index (κ2) is 12.4. The Bertz CT molecular complexity index is 1620. The molecule has 0 aliphatic carbocycles. The van der Waals surface area contributed by atoms with Crippen molar-refractivity contribution in [2.45, 2.75) is 52.5 Å². The molecule has 1 aromatic carbocycles. The van der Waals surface area contributed by atoms with Gasteiger partial charge in [0.25, 0.3) is 11.5 Å². The van der Waals surface area contributed by atoms with Crippen LogP contribution in [0.5, 0.6) is 11.5 Å². The van der Waals surface area contributed by atoms with Gasteiger partial charge in [-0.05, 0) is 57.9 Å². The number of amides is 1. The second-order valence-electron chi connectivity index (χ2n) is 10.2. The Balaban J connectivity index is 1.66. The molecule has 0 saturated carbocycles. The van der Waals surface area contributed by atoms with Gasteiger partial charge >= 0.3 is 0 Å². The molecule has 9 nitrogen and oxygen atoms in total. The molecule has 2 aliphatic heterocycles. The Kier molecular flexibility index (Phi) is 8.68. The number of methoxy groups -OCH3 is 2. The fraction of sp³-hybridized carbons (Fsp3) is 0.452. The Hall–Kier alpha value is -3.79. The van der Waals surface area contributed by atoms with E-state index >= 15 is 0 Å². The molecular formula is C31H38N4O5S. The molecule has 1 saturated heterocycles. The first-order valence-electron chi connectivity index (χ1n) is 14.3. The molecule has 3 aromatic rings. The predicted octanol–water partition coefficient (Wildman–Crippen LogP) is 4.09. The molecule has 0 radical (unpaired) electrons. The second-order valence-corrected chi connectivity index (χ2v) is 11.3. The van der Waals surface area contributed by atoms with E-state index in [1.165, 1.54) is 24.2 Å². The number of rotatable bonds is 8. The van der Waals surface area contributed by atoms with Crippen LogP contribution in [-0.2, 0) is 4.79 Å². The van der Waals surface area contributed by atoms with Gasteiger partial charge in [0.05, 0.1) is 30.0 Å². The van der Waals surface area contributed by atoms with Gasteiger partial charge in [0.1, 0.15) is 23.3 Å². The minimum Gasteiger partial charge on any atom is -0.497 e. The Morgan fingerprint density at radius 3 is 2.49 bits per heavy atom. The van der Waals surface area contributed by atoms with E-state index in [4.69, 9.17) is 18.9 Å². The van der Waals surface area contributed by atoms with Crippen molar-refractivity contribution in [2.75, 3.05) is 45.3 Å². The van der Waals surface area contributed by atoms with Gasteiger partial charge in [-0.15, -0.1) is 0 Å². The van der Waals surface area contributed by atoms with Gasteiger partial charge in [-0.3, -0.25) is 14.2 Å². The van der Waals surface area contributed by atoms with Crippen molar-refractivity contribution in [3.05, 3.63) is 72.6 Å². The van der Waals surface area contributed by atoms with Crippen molar-refractivity contribution >= 4 is 29.2 Å². The molecule has 0 spiro atoms. The summed E-state index contributed by atoms with van der Waals surface area (Å²) >= 11 is 1.29. The molecule has 218 valence electrons. The van der Waals surface area contributed by atoms with E-state index in [-0.39, 0.29) is 11.5 Å². The lowest BCUT2D eigenvalue weighted by molar-refractivity contribution is -0.127. The first-order valence-corrected chi connectivity index (χ1v) is 15.1. The monoisotopic (exact) mass is 578 g/mol. The molecule has 4 heterocycles. The summed E-state index contributed by atoms with van der Waals surface area (Å²) in [5, 5.41) is 0. The van der Waals surface area contributed by atoms with Crippen LogP contribution in [0.4, 0.5) is 5.88 Å². The zero-order chi connectivity index (χ0) is 29.1. The number of ether oxygens (including phenoxy) is 2. The number of thiazole rings is 1. The lowest BCUT2D eigenvalue weighted by atomic mass is 9.93. The molecule has 41 heavy (non-hydrogen) atoms. The van der Waals surface area contributed by atoms with Crippen molar-refractivity contribution in [2.24, 2.45) is 4.99 Å². The zero-order valence-electron chi connectivity index (χ0n) is 24.4. The number of hydrogen-bond donors (Lipinski definition) is 0. The van der Waals surface area contributed by atoms with E-state index in [9.17, 15) is 9.59 Å². The molecule has 1 fully saturated rings. The van der Waals surface area contributed by atoms with Gasteiger partial charge in [-0.2, -0.15) is 0 Å². The van der Waals surface area contributed by atoms with Crippen LogP contribution in [0.1, 0.15) is 63.8 Å². The number of fused-ring (bicyclic) bond motifs is 1. The molecular weight excluding hydrogens is 540 g/mol. The van der Waals surface area contributed by atoms with Gasteiger partial charge < -0.3 is 23.7 Å². The van der Waals surface area contributed by atoms with Crippen molar-refractivity contribution in [3.63, 3.8) is 0 Å². The molecule has 1 amide bonds. The van der Waals surface area contributed by atoms with Crippen LogP contribution in [0.3, 0.4) is 0 Å². The molecule has 2 aliphatic rings. The van der Waals surface area contributed by atoms with Crippen molar-refractivity contribution in [1.29, 1.82) is 0 Å². The summed E-state index contributed by atoms with van der Waals surface area (Å²) in [5.74, 6) is 2.43. The van der Waals surface area contributed by atoms with Crippen molar-refractivity contribution < 1.29 is 18.7 Å². The molecule has 1 atom stereocenters. The lowest BCUT2D eigenvalue weighted by Crippen LogP contribution is -2.43. The first kappa shape index (κ1) is 28.7. The van der Waals surface area contributed by atoms with E-state index in [0.29, 0.717) is 56.5 Å². The summed E-state index contributed by atoms with van der Waals surface area (Å²) in [5.41, 5.74) is 1.44. The summed E-state index contributed by atoms with van der Waals surface area (Å²) in [4.78, 5) is 37.3. The third kappa shape index (κ3) is 5.57. The third-order valence-electron chi connectivity index (χ3n) is 7.84. The number of hydrogen-bond acceptors (Lipinski definition) is 8. The summed E-state index contributed by atoms with van der Waals surface area (Å²) in [7, 11) is 3.17. The standard InChI is InChI=1S/C31H38N4O5S/c1-6-33(7-2)30(37)27-20(3)32-31-35(28(27)23-18-21(38-4)12-14-24(23)39-5)29(36)25(41-31)19-22-13-15-26(40-22)34-16-10-8-9-11-17-34/h12-15,18-19,28H,6-11,16-17H2,1-5H3/b25-19+/t28-/m0/s1. The van der Waals surface area contributed by atoms with Gasteiger partial charge in [-0.1, -0.05) is 24.2 Å². The van der Waals surface area contributed by atoms with E-state index in [1.54, 1.807) is 41.9 Å². The van der Waals surface area contributed by atoms with Crippen molar-refractivity contribution in [1.82, 2.24) is 9.47 Å². The van der Waals surface area contributed by atoms with Crippen LogP contribution in [-0.4, -0.2) is 55.8 Å². The van der Waals surface area contributed by atoms with E-state index < -0.39 is 6.04 Å². The number of benzene rings is 1. The Labute approximate surface area is 244 Å². The highest BCUT2D eigenvalue weighted by Gasteiger charge is 2.36. The average molecular weight is 579 g/mol. The van der Waals surface area contributed by atoms with Gasteiger partial charge in [0, 0.05) is 43.9 Å². The highest BCUT2D eigenvalue weighted by molar-refractivity contribution is 7.07. The smallest absolute Gasteiger partial charge is 0.271 e. The molecule has 0 unspecified atom stereocenters. The minimum absolute atomic E-state index is 0.159. The fourth-order valence-corrected chi connectivity index (χ4v) is 6.66. The van der Waals surface area contributed by atoms with E-state index in [0.717, 1.165) is 31.8 Å². The van der Waals surface area contributed by atoms with Gasteiger partial charge in [-0.25, -0.2) is 4.99 Å². The van der Waals surface area contributed by atoms with E-state index in [2.05, 4.69) is 4.90 Å². The maximum absolute atomic E-state index is 14.1. The summed E-state index contributed by atoms with van der Waals surface area (Å²) in [6.45, 7) is 8.73. The van der Waals surface area contributed by atoms with Crippen LogP contribution >= 0.6 is 11.3 Å². The fourth-order valence-electron chi connectivity index (χ4n) is 5.63. The molecule has 10 heteroatoms. The van der Waals surface area contributed by atoms with Crippen LogP contribution in [0.15, 0.2) is 55.8 Å². The SMILES string of the molecule is CCN(CC)C(=O)C1=C(C)N=c2s/c(=C/c3ccc(N4CCCCCC4)o3)c(=O)n2[C@H]1c1cc(OC)ccc1OC. The number of likely N-dealkylation sites (N-methyl/N-ethyl adjacent to an activating group) is 1. The number of furan rings is 1. The maximum atomic E-state index is 14.1. The lowest BCUT2D eigenvalue weighted by Gasteiger charge is -2.30. The van der Waals surface area contributed by atoms with Gasteiger partial charge in [0.2, 0.25) is 0 Å². The van der Waals surface area contributed by atoms with Gasteiger partial charge in [0.15, 0.2) is 10.7 Å². The maximum Gasteiger partial charge on any atom is 0.271 e. The number of carbonyl (C=O) groups excluding carboxylic acids is 1. The predicted molar refractivity (Wildman–Crippen MR) is 161 cm³/mol. The van der Waals surface area contributed by atoms with E-state index in [1.807, 2.05) is 39.0 Å². The minimum atomic E-state index is -0.740. The average Bonchev–Trinajstić information content (AvgIpc) is 3.45. The topological polar surface area (TPSA) is 89.5 Å². The number of carbonyl (C=O) groups is 1. The number of allylic oxidation sites excluding steroid dienone is 1. The first-order chi connectivity index (χ1) is 19.9. The Morgan fingerprint density at radius 1 is 1.10 bits per heavy atom. The summed E-state index contributed by atoms with van der Waals surface area (Å²) in [6.07, 6.45) is 6.55. The summed E-state index contributed by atoms with van der Waals surface area (Å²) in [6, 6.07) is 8.56. The Morgan fingerprint density at radius 2 is 1.83 bits per heavy atom. The van der Waals surface area contributed by atoms with Crippen LogP contribution < -0.4 is 29.3 Å². The number of aromatic nitrogens is 1. The third-order valence-corrected chi connectivity index (χ3v) is 8.82. The van der Waals surface area contributed by atoms with Crippen LogP contribution in [0.25, 0.3) is 6.08 Å². The van der Waals surface area contributed by atoms with Crippen molar-refractivity contribution in [3.8, 4) is 11.5 Å². The van der Waals surface area contributed by atoms with Crippen LogP contribution in [0.2, 0.25) is 0 Å². The molecule has 0 bridgehead atoms. The quantitative estimate of drug-likeness (QED) is 0.400. The normalized spacial score (nSPS) is 17.6.